The van der Waals surface area contributed by atoms with Crippen molar-refractivity contribution in [2.24, 2.45) is 0 Å². The van der Waals surface area contributed by atoms with E-state index in [1.165, 1.54) is 5.56 Å². The Kier molecular flexibility index (Phi) is 5.21. The van der Waals surface area contributed by atoms with Crippen LogP contribution in [-0.4, -0.2) is 16.3 Å². The van der Waals surface area contributed by atoms with E-state index in [2.05, 4.69) is 43.3 Å². The molecule has 0 unspecified atom stereocenters. The molecule has 0 bridgehead atoms. The number of rotatable bonds is 6. The Morgan fingerprint density at radius 3 is 2.75 bits per heavy atom. The quantitative estimate of drug-likeness (QED) is 0.810. The van der Waals surface area contributed by atoms with Gasteiger partial charge in [0.15, 0.2) is 0 Å². The predicted molar refractivity (Wildman–Crippen MR) is 84.7 cm³/mol. The van der Waals surface area contributed by atoms with Crippen molar-refractivity contribution < 1.29 is 0 Å². The maximum atomic E-state index is 6.14. The molecule has 0 aliphatic heterocycles. The van der Waals surface area contributed by atoms with Crippen LogP contribution in [-0.2, 0) is 6.54 Å². The summed E-state index contributed by atoms with van der Waals surface area (Å²) < 4.78 is 1.92. The SMILES string of the molecule is CCCNCc1ccc(Cl)cc1-n1ccc(C(C)C)n1. The highest BCUT2D eigenvalue weighted by atomic mass is 35.5. The number of nitrogens with zero attached hydrogens (tertiary/aromatic N) is 2. The minimum absolute atomic E-state index is 0.428. The maximum Gasteiger partial charge on any atom is 0.0705 e. The minimum atomic E-state index is 0.428. The van der Waals surface area contributed by atoms with Gasteiger partial charge in [0.05, 0.1) is 11.4 Å². The first-order chi connectivity index (χ1) is 9.61. The Balaban J connectivity index is 2.29. The van der Waals surface area contributed by atoms with E-state index >= 15 is 0 Å². The van der Waals surface area contributed by atoms with Gasteiger partial charge in [-0.05, 0) is 42.6 Å². The van der Waals surface area contributed by atoms with Gasteiger partial charge in [-0.25, -0.2) is 4.68 Å². The van der Waals surface area contributed by atoms with Crippen molar-refractivity contribution in [3.63, 3.8) is 0 Å². The van der Waals surface area contributed by atoms with Crippen molar-refractivity contribution in [2.75, 3.05) is 6.54 Å². The van der Waals surface area contributed by atoms with Gasteiger partial charge in [-0.15, -0.1) is 0 Å². The van der Waals surface area contributed by atoms with Crippen LogP contribution in [0, 0.1) is 0 Å². The van der Waals surface area contributed by atoms with Crippen LogP contribution >= 0.6 is 11.6 Å². The molecule has 0 atom stereocenters. The molecule has 0 saturated carbocycles. The third-order valence-corrected chi connectivity index (χ3v) is 3.47. The summed E-state index contributed by atoms with van der Waals surface area (Å²) in [7, 11) is 0. The van der Waals surface area contributed by atoms with E-state index < -0.39 is 0 Å². The van der Waals surface area contributed by atoms with Crippen LogP contribution in [0.2, 0.25) is 5.02 Å². The van der Waals surface area contributed by atoms with E-state index in [0.29, 0.717) is 5.92 Å². The molecular formula is C16H22ClN3. The average Bonchev–Trinajstić information content (AvgIpc) is 2.90. The van der Waals surface area contributed by atoms with Gasteiger partial charge < -0.3 is 5.32 Å². The fourth-order valence-electron chi connectivity index (χ4n) is 2.08. The Labute approximate surface area is 126 Å². The number of halogens is 1. The second-order valence-corrected chi connectivity index (χ2v) is 5.73. The first-order valence-corrected chi connectivity index (χ1v) is 7.54. The summed E-state index contributed by atoms with van der Waals surface area (Å²) in [6.07, 6.45) is 3.13. The summed E-state index contributed by atoms with van der Waals surface area (Å²) in [5, 5.41) is 8.80. The van der Waals surface area contributed by atoms with Crippen LogP contribution in [0.15, 0.2) is 30.5 Å². The van der Waals surface area contributed by atoms with Gasteiger partial charge in [-0.1, -0.05) is 38.4 Å². The van der Waals surface area contributed by atoms with Crippen molar-refractivity contribution in [2.45, 2.75) is 39.7 Å². The average molecular weight is 292 g/mol. The maximum absolute atomic E-state index is 6.14. The standard InChI is InChI=1S/C16H22ClN3/c1-4-8-18-11-13-5-6-14(17)10-16(13)20-9-7-15(19-20)12(2)3/h5-7,9-10,12,18H,4,8,11H2,1-3H3. The van der Waals surface area contributed by atoms with Gasteiger partial charge in [0.1, 0.15) is 0 Å². The normalized spacial score (nSPS) is 11.2. The van der Waals surface area contributed by atoms with Crippen molar-refractivity contribution in [3.8, 4) is 5.69 Å². The highest BCUT2D eigenvalue weighted by Gasteiger charge is 2.09. The monoisotopic (exact) mass is 291 g/mol. The van der Waals surface area contributed by atoms with E-state index in [4.69, 9.17) is 11.6 Å². The van der Waals surface area contributed by atoms with Gasteiger partial charge >= 0.3 is 0 Å². The van der Waals surface area contributed by atoms with Gasteiger partial charge in [-0.3, -0.25) is 0 Å². The summed E-state index contributed by atoms with van der Waals surface area (Å²) in [5.74, 6) is 0.428. The van der Waals surface area contributed by atoms with Gasteiger partial charge in [-0.2, -0.15) is 5.10 Å². The Hall–Kier alpha value is -1.32. The first kappa shape index (κ1) is 15.1. The smallest absolute Gasteiger partial charge is 0.0705 e. The van der Waals surface area contributed by atoms with Crippen LogP contribution in [0.5, 0.6) is 0 Å². The zero-order chi connectivity index (χ0) is 14.5. The molecule has 0 aliphatic carbocycles. The van der Waals surface area contributed by atoms with E-state index in [-0.39, 0.29) is 0 Å². The number of hydrogen-bond acceptors (Lipinski definition) is 2. The number of aromatic nitrogens is 2. The lowest BCUT2D eigenvalue weighted by Crippen LogP contribution is -2.15. The summed E-state index contributed by atoms with van der Waals surface area (Å²) in [6.45, 7) is 8.30. The predicted octanol–water partition coefficient (Wildman–Crippen LogP) is 4.15. The van der Waals surface area contributed by atoms with E-state index in [9.17, 15) is 0 Å². The summed E-state index contributed by atoms with van der Waals surface area (Å²) >= 11 is 6.14. The lowest BCUT2D eigenvalue weighted by Gasteiger charge is -2.11. The van der Waals surface area contributed by atoms with Gasteiger partial charge in [0.25, 0.3) is 0 Å². The van der Waals surface area contributed by atoms with Gasteiger partial charge in [0.2, 0.25) is 0 Å². The molecule has 0 fully saturated rings. The molecule has 0 aliphatic rings. The largest absolute Gasteiger partial charge is 0.313 e. The molecule has 0 amide bonds. The number of benzene rings is 1. The van der Waals surface area contributed by atoms with Gasteiger partial charge in [0, 0.05) is 17.8 Å². The molecule has 1 N–H and O–H groups in total. The number of nitrogens with one attached hydrogen (secondary N) is 1. The van der Waals surface area contributed by atoms with Crippen LogP contribution in [0.3, 0.4) is 0 Å². The number of hydrogen-bond donors (Lipinski definition) is 1. The zero-order valence-corrected chi connectivity index (χ0v) is 13.1. The van der Waals surface area contributed by atoms with Crippen molar-refractivity contribution >= 4 is 11.6 Å². The Morgan fingerprint density at radius 1 is 1.30 bits per heavy atom. The lowest BCUT2D eigenvalue weighted by atomic mass is 10.1. The van der Waals surface area contributed by atoms with Crippen LogP contribution in [0.25, 0.3) is 5.69 Å². The first-order valence-electron chi connectivity index (χ1n) is 7.17. The molecule has 0 radical (unpaired) electrons. The fourth-order valence-corrected chi connectivity index (χ4v) is 2.25. The molecule has 0 saturated heterocycles. The lowest BCUT2D eigenvalue weighted by molar-refractivity contribution is 0.669. The van der Waals surface area contributed by atoms with E-state index in [0.717, 1.165) is 35.9 Å². The molecule has 1 heterocycles. The summed E-state index contributed by atoms with van der Waals surface area (Å²) in [4.78, 5) is 0. The van der Waals surface area contributed by atoms with E-state index in [1.54, 1.807) is 0 Å². The van der Waals surface area contributed by atoms with Crippen LogP contribution in [0.4, 0.5) is 0 Å². The molecule has 4 heteroatoms. The fraction of sp³-hybridized carbons (Fsp3) is 0.438. The van der Waals surface area contributed by atoms with Crippen LogP contribution < -0.4 is 5.32 Å². The molecule has 1 aromatic heterocycles. The molecule has 108 valence electrons. The molecule has 2 aromatic rings. The molecule has 0 spiro atoms. The molecule has 1 aromatic carbocycles. The Morgan fingerprint density at radius 2 is 2.10 bits per heavy atom. The molecule has 2 rings (SSSR count). The Bertz CT molecular complexity index is 561. The van der Waals surface area contributed by atoms with Crippen molar-refractivity contribution in [1.29, 1.82) is 0 Å². The molecule has 3 nitrogen and oxygen atoms in total. The molecular weight excluding hydrogens is 270 g/mol. The minimum Gasteiger partial charge on any atom is -0.313 e. The third-order valence-electron chi connectivity index (χ3n) is 3.24. The summed E-state index contributed by atoms with van der Waals surface area (Å²) in [5.41, 5.74) is 3.35. The topological polar surface area (TPSA) is 29.9 Å². The van der Waals surface area contributed by atoms with E-state index in [1.807, 2.05) is 23.0 Å². The second kappa shape index (κ2) is 6.91. The van der Waals surface area contributed by atoms with Crippen LogP contribution in [0.1, 0.15) is 44.4 Å². The summed E-state index contributed by atoms with van der Waals surface area (Å²) in [6, 6.07) is 8.04. The third kappa shape index (κ3) is 3.62. The molecule has 20 heavy (non-hydrogen) atoms. The van der Waals surface area contributed by atoms with Crippen molar-refractivity contribution in [1.82, 2.24) is 15.1 Å². The van der Waals surface area contributed by atoms with Crippen molar-refractivity contribution in [3.05, 3.63) is 46.7 Å². The highest BCUT2D eigenvalue weighted by molar-refractivity contribution is 6.30. The second-order valence-electron chi connectivity index (χ2n) is 5.29. The highest BCUT2D eigenvalue weighted by Crippen LogP contribution is 2.21. The zero-order valence-electron chi connectivity index (χ0n) is 12.4.